The molecule has 0 N–H and O–H groups in total. The highest BCUT2D eigenvalue weighted by Crippen LogP contribution is 2.51. The third-order valence-corrected chi connectivity index (χ3v) is 11.5. The third-order valence-electron chi connectivity index (χ3n) is 11.5. The molecule has 2 heterocycles. The van der Waals surface area contributed by atoms with Crippen LogP contribution in [-0.4, -0.2) is 0 Å². The van der Waals surface area contributed by atoms with Gasteiger partial charge < -0.3 is 13.7 Å². The van der Waals surface area contributed by atoms with Gasteiger partial charge in [0.2, 0.25) is 0 Å². The van der Waals surface area contributed by atoms with Crippen LogP contribution < -0.4 is 4.90 Å². The summed E-state index contributed by atoms with van der Waals surface area (Å²) in [4.78, 5) is 2.30. The summed E-state index contributed by atoms with van der Waals surface area (Å²) in [6.07, 6.45) is 0. The molecular formula is C51H35NO2. The topological polar surface area (TPSA) is 29.5 Å². The lowest BCUT2D eigenvalue weighted by Gasteiger charge is -2.25. The Morgan fingerprint density at radius 3 is 1.74 bits per heavy atom. The molecule has 0 radical (unpaired) electrons. The van der Waals surface area contributed by atoms with E-state index in [1.165, 1.54) is 22.3 Å². The number of para-hydroxylation sites is 3. The van der Waals surface area contributed by atoms with Crippen molar-refractivity contribution in [3.63, 3.8) is 0 Å². The molecular weight excluding hydrogens is 659 g/mol. The monoisotopic (exact) mass is 693 g/mol. The second-order valence-corrected chi connectivity index (χ2v) is 14.9. The second kappa shape index (κ2) is 11.6. The molecule has 1 aliphatic rings. The smallest absolute Gasteiger partial charge is 0.143 e. The molecule has 3 heteroatoms. The summed E-state index contributed by atoms with van der Waals surface area (Å²) >= 11 is 0. The van der Waals surface area contributed by atoms with Crippen LogP contribution in [0.5, 0.6) is 0 Å². The fraction of sp³-hybridized carbons (Fsp3) is 0.0588. The van der Waals surface area contributed by atoms with Gasteiger partial charge in [-0.25, -0.2) is 0 Å². The first kappa shape index (κ1) is 30.8. The largest absolute Gasteiger partial charge is 0.456 e. The normalized spacial score (nSPS) is 13.1. The van der Waals surface area contributed by atoms with Crippen molar-refractivity contribution >= 4 is 60.9 Å². The molecule has 256 valence electrons. The van der Waals surface area contributed by atoms with E-state index in [9.17, 15) is 0 Å². The van der Waals surface area contributed by atoms with Crippen molar-refractivity contribution < 1.29 is 8.83 Å². The lowest BCUT2D eigenvalue weighted by atomic mass is 9.81. The summed E-state index contributed by atoms with van der Waals surface area (Å²) in [6, 6.07) is 62.8. The molecule has 0 unspecified atom stereocenters. The van der Waals surface area contributed by atoms with E-state index in [0.717, 1.165) is 83.2 Å². The predicted molar refractivity (Wildman–Crippen MR) is 224 cm³/mol. The summed E-state index contributed by atoms with van der Waals surface area (Å²) < 4.78 is 13.3. The summed E-state index contributed by atoms with van der Waals surface area (Å²) in [5.41, 5.74) is 16.5. The molecule has 0 aliphatic heterocycles. The highest BCUT2D eigenvalue weighted by molar-refractivity contribution is 6.27. The zero-order chi connectivity index (χ0) is 36.0. The second-order valence-electron chi connectivity index (χ2n) is 14.9. The van der Waals surface area contributed by atoms with Gasteiger partial charge in [-0.15, -0.1) is 0 Å². The molecule has 0 atom stereocenters. The van der Waals surface area contributed by atoms with E-state index in [-0.39, 0.29) is 5.41 Å². The number of fused-ring (bicyclic) bond motifs is 10. The fourth-order valence-electron chi connectivity index (χ4n) is 8.84. The molecule has 0 saturated carbocycles. The average Bonchev–Trinajstić information content (AvgIpc) is 3.86. The number of nitrogens with zero attached hydrogens (tertiary/aromatic N) is 1. The summed E-state index contributed by atoms with van der Waals surface area (Å²) in [5.74, 6) is 0. The summed E-state index contributed by atoms with van der Waals surface area (Å²) in [6.45, 7) is 4.68. The molecule has 8 aromatic carbocycles. The van der Waals surface area contributed by atoms with Gasteiger partial charge in [-0.2, -0.15) is 0 Å². The van der Waals surface area contributed by atoms with Crippen molar-refractivity contribution in [2.45, 2.75) is 19.3 Å². The van der Waals surface area contributed by atoms with E-state index in [1.807, 2.05) is 18.2 Å². The Hall–Kier alpha value is -6.84. The zero-order valence-electron chi connectivity index (χ0n) is 30.0. The van der Waals surface area contributed by atoms with E-state index in [2.05, 4.69) is 176 Å². The number of rotatable bonds is 5. The van der Waals surface area contributed by atoms with E-state index in [0.29, 0.717) is 0 Å². The van der Waals surface area contributed by atoms with Crippen molar-refractivity contribution in [1.29, 1.82) is 0 Å². The number of hydrogen-bond donors (Lipinski definition) is 0. The van der Waals surface area contributed by atoms with Gasteiger partial charge in [0.25, 0.3) is 0 Å². The molecule has 10 aromatic rings. The molecule has 1 aliphatic carbocycles. The predicted octanol–water partition coefficient (Wildman–Crippen LogP) is 14.6. The Kier molecular flexibility index (Phi) is 6.60. The van der Waals surface area contributed by atoms with Crippen LogP contribution in [0.15, 0.2) is 185 Å². The highest BCUT2D eigenvalue weighted by atomic mass is 16.3. The molecule has 0 bridgehead atoms. The summed E-state index contributed by atoms with van der Waals surface area (Å²) in [7, 11) is 0. The maximum Gasteiger partial charge on any atom is 0.143 e. The standard InChI is InChI=1S/C51H35NO2/c1-51(2)43-19-11-9-17-38(43)39-26-23-33(31-44(39)51)41-29-34(30-42-49-47(54-50(41)42)28-27-46-48(49)40-18-10-12-20-45(40)53-46)32-21-24-37(25-22-32)52(35-13-5-3-6-14-35)36-15-7-4-8-16-36/h3-31H,1-2H3. The van der Waals surface area contributed by atoms with Gasteiger partial charge >= 0.3 is 0 Å². The van der Waals surface area contributed by atoms with E-state index in [1.54, 1.807) is 0 Å². The van der Waals surface area contributed by atoms with Crippen LogP contribution in [0.1, 0.15) is 25.0 Å². The van der Waals surface area contributed by atoms with Crippen LogP contribution in [-0.2, 0) is 5.41 Å². The maximum atomic E-state index is 6.89. The molecule has 0 saturated heterocycles. The number of furan rings is 2. The Labute approximate surface area is 313 Å². The van der Waals surface area contributed by atoms with Crippen LogP contribution in [0.4, 0.5) is 17.1 Å². The quantitative estimate of drug-likeness (QED) is 0.180. The van der Waals surface area contributed by atoms with Crippen molar-refractivity contribution in [2.24, 2.45) is 0 Å². The van der Waals surface area contributed by atoms with E-state index < -0.39 is 0 Å². The zero-order valence-corrected chi connectivity index (χ0v) is 30.0. The van der Waals surface area contributed by atoms with Crippen molar-refractivity contribution in [2.75, 3.05) is 4.90 Å². The van der Waals surface area contributed by atoms with Crippen LogP contribution in [0.25, 0.3) is 77.3 Å². The van der Waals surface area contributed by atoms with E-state index in [4.69, 9.17) is 8.83 Å². The average molecular weight is 694 g/mol. The highest BCUT2D eigenvalue weighted by Gasteiger charge is 2.35. The number of anilines is 3. The van der Waals surface area contributed by atoms with Gasteiger partial charge in [0.15, 0.2) is 0 Å². The first-order valence-corrected chi connectivity index (χ1v) is 18.6. The van der Waals surface area contributed by atoms with Crippen LogP contribution >= 0.6 is 0 Å². The molecule has 11 rings (SSSR count). The third kappa shape index (κ3) is 4.55. The lowest BCUT2D eigenvalue weighted by molar-refractivity contribution is 0.660. The molecule has 54 heavy (non-hydrogen) atoms. The summed E-state index contributed by atoms with van der Waals surface area (Å²) in [5, 5.41) is 4.35. The van der Waals surface area contributed by atoms with Crippen molar-refractivity contribution in [1.82, 2.24) is 0 Å². The van der Waals surface area contributed by atoms with Gasteiger partial charge in [0, 0.05) is 49.6 Å². The van der Waals surface area contributed by atoms with E-state index >= 15 is 0 Å². The van der Waals surface area contributed by atoms with Gasteiger partial charge in [0.05, 0.1) is 0 Å². The Morgan fingerprint density at radius 1 is 0.389 bits per heavy atom. The van der Waals surface area contributed by atoms with Gasteiger partial charge in [-0.05, 0) is 112 Å². The van der Waals surface area contributed by atoms with Crippen molar-refractivity contribution in [3.8, 4) is 33.4 Å². The maximum absolute atomic E-state index is 6.89. The van der Waals surface area contributed by atoms with Gasteiger partial charge in [0.1, 0.15) is 22.3 Å². The first-order valence-electron chi connectivity index (χ1n) is 18.6. The first-order chi connectivity index (χ1) is 26.5. The van der Waals surface area contributed by atoms with Crippen molar-refractivity contribution in [3.05, 3.63) is 187 Å². The Bertz CT molecular complexity index is 3020. The number of hydrogen-bond acceptors (Lipinski definition) is 3. The molecule has 0 amide bonds. The van der Waals surface area contributed by atoms with Gasteiger partial charge in [-0.3, -0.25) is 0 Å². The van der Waals surface area contributed by atoms with Crippen LogP contribution in [0.3, 0.4) is 0 Å². The minimum Gasteiger partial charge on any atom is -0.456 e. The van der Waals surface area contributed by atoms with Crippen LogP contribution in [0.2, 0.25) is 0 Å². The number of benzene rings is 8. The minimum atomic E-state index is -0.117. The SMILES string of the molecule is CC1(C)c2ccccc2-c2ccc(-c3cc(-c4ccc(N(c5ccccc5)c5ccccc5)cc4)cc4c3oc3ccc5oc6ccccc6c5c34)cc21. The van der Waals surface area contributed by atoms with Crippen LogP contribution in [0, 0.1) is 0 Å². The Balaban J connectivity index is 1.14. The molecule has 3 nitrogen and oxygen atoms in total. The van der Waals surface area contributed by atoms with Gasteiger partial charge in [-0.1, -0.05) is 117 Å². The molecule has 0 spiro atoms. The minimum absolute atomic E-state index is 0.117. The Morgan fingerprint density at radius 2 is 0.981 bits per heavy atom. The fourth-order valence-corrected chi connectivity index (χ4v) is 8.84. The molecule has 0 fully saturated rings. The molecule has 2 aromatic heterocycles. The lowest BCUT2D eigenvalue weighted by Crippen LogP contribution is -2.14.